The van der Waals surface area contributed by atoms with Gasteiger partial charge in [0.25, 0.3) is 0 Å². The summed E-state index contributed by atoms with van der Waals surface area (Å²) >= 11 is 0. The number of hydrogen-bond acceptors (Lipinski definition) is 3. The van der Waals surface area contributed by atoms with Crippen molar-refractivity contribution in [1.82, 2.24) is 4.31 Å². The highest BCUT2D eigenvalue weighted by Crippen LogP contribution is 2.30. The van der Waals surface area contributed by atoms with E-state index in [1.54, 1.807) is 7.05 Å². The lowest BCUT2D eigenvalue weighted by atomic mass is 9.86. The predicted molar refractivity (Wildman–Crippen MR) is 87.2 cm³/mol. The van der Waals surface area contributed by atoms with E-state index in [-0.39, 0.29) is 17.3 Å². The van der Waals surface area contributed by atoms with E-state index >= 15 is 0 Å². The van der Waals surface area contributed by atoms with Crippen LogP contribution in [0.5, 0.6) is 0 Å². The van der Waals surface area contributed by atoms with Crippen LogP contribution in [-0.4, -0.2) is 42.8 Å². The lowest BCUT2D eigenvalue weighted by molar-refractivity contribution is 0.0619. The first-order chi connectivity index (χ1) is 10.5. The Bertz CT molecular complexity index is 604. The van der Waals surface area contributed by atoms with Crippen LogP contribution in [0.3, 0.4) is 0 Å². The highest BCUT2D eigenvalue weighted by atomic mass is 32.2. The molecule has 0 bridgehead atoms. The Labute approximate surface area is 133 Å². The van der Waals surface area contributed by atoms with E-state index in [9.17, 15) is 13.5 Å². The number of benzene rings is 1. The molecule has 1 aromatic carbocycles. The van der Waals surface area contributed by atoms with Gasteiger partial charge in [-0.05, 0) is 42.7 Å². The zero-order valence-electron chi connectivity index (χ0n) is 13.1. The number of sulfonamides is 1. The summed E-state index contributed by atoms with van der Waals surface area (Å²) in [6.07, 6.45) is 4.72. The second-order valence-electron chi connectivity index (χ2n) is 6.74. The topological polar surface area (TPSA) is 57.6 Å². The normalized spacial score (nSPS) is 26.3. The summed E-state index contributed by atoms with van der Waals surface area (Å²) < 4.78 is 27.1. The van der Waals surface area contributed by atoms with Crippen molar-refractivity contribution in [3.63, 3.8) is 0 Å². The first-order valence-corrected chi connectivity index (χ1v) is 9.69. The molecule has 0 amide bonds. The Morgan fingerprint density at radius 3 is 2.32 bits per heavy atom. The van der Waals surface area contributed by atoms with Crippen LogP contribution in [0.15, 0.2) is 24.3 Å². The lowest BCUT2D eigenvalue weighted by Gasteiger charge is -2.31. The molecule has 0 aromatic heterocycles. The molecule has 4 nitrogen and oxygen atoms in total. The van der Waals surface area contributed by atoms with Crippen molar-refractivity contribution in [3.8, 4) is 0 Å². The molecule has 22 heavy (non-hydrogen) atoms. The van der Waals surface area contributed by atoms with Crippen LogP contribution in [0.25, 0.3) is 0 Å². The number of rotatable bonds is 4. The minimum absolute atomic E-state index is 0.0808. The molecule has 0 radical (unpaired) electrons. The van der Waals surface area contributed by atoms with Gasteiger partial charge in [0.2, 0.25) is 10.0 Å². The third kappa shape index (κ3) is 3.07. The Hall–Kier alpha value is -0.910. The Balaban J connectivity index is 1.68. The molecule has 0 aliphatic heterocycles. The fourth-order valence-electron chi connectivity index (χ4n) is 3.82. The summed E-state index contributed by atoms with van der Waals surface area (Å²) in [4.78, 5) is 0. The van der Waals surface area contributed by atoms with Gasteiger partial charge in [0.05, 0.1) is 11.4 Å². The summed E-state index contributed by atoms with van der Waals surface area (Å²) in [6, 6.07) is 7.98. The van der Waals surface area contributed by atoms with Crippen molar-refractivity contribution in [2.45, 2.75) is 49.9 Å². The van der Waals surface area contributed by atoms with Gasteiger partial charge < -0.3 is 5.11 Å². The first kappa shape index (κ1) is 16.0. The van der Waals surface area contributed by atoms with Gasteiger partial charge in [-0.2, -0.15) is 0 Å². The molecule has 2 unspecified atom stereocenters. The van der Waals surface area contributed by atoms with Gasteiger partial charge in [-0.3, -0.25) is 0 Å². The fourth-order valence-corrected chi connectivity index (χ4v) is 5.51. The molecule has 2 aliphatic rings. The van der Waals surface area contributed by atoms with Crippen molar-refractivity contribution in [1.29, 1.82) is 0 Å². The quantitative estimate of drug-likeness (QED) is 0.921. The molecule has 122 valence electrons. The van der Waals surface area contributed by atoms with E-state index in [0.717, 1.165) is 36.8 Å². The monoisotopic (exact) mass is 323 g/mol. The molecule has 0 heterocycles. The maximum atomic E-state index is 12.8. The molecule has 5 heteroatoms. The second-order valence-corrected chi connectivity index (χ2v) is 9.06. The van der Waals surface area contributed by atoms with E-state index in [1.165, 1.54) is 4.31 Å². The summed E-state index contributed by atoms with van der Waals surface area (Å²) in [7, 11) is -1.64. The van der Waals surface area contributed by atoms with E-state index in [1.807, 2.05) is 24.3 Å². The van der Waals surface area contributed by atoms with Crippen LogP contribution in [0.1, 0.15) is 36.8 Å². The SMILES string of the molecule is CN(CC1CCCCC1O)S(=O)(=O)C1Cc2ccccc2C1. The predicted octanol–water partition coefficient (Wildman–Crippen LogP) is 1.97. The summed E-state index contributed by atoms with van der Waals surface area (Å²) in [5.41, 5.74) is 2.31. The molecule has 1 fully saturated rings. The molecule has 3 rings (SSSR count). The van der Waals surface area contributed by atoms with Crippen molar-refractivity contribution >= 4 is 10.0 Å². The molecular formula is C17H25NO3S. The van der Waals surface area contributed by atoms with Crippen molar-refractivity contribution < 1.29 is 13.5 Å². The number of aliphatic hydroxyl groups excluding tert-OH is 1. The van der Waals surface area contributed by atoms with E-state index < -0.39 is 10.0 Å². The molecule has 1 N–H and O–H groups in total. The third-order valence-corrected chi connectivity index (χ3v) is 7.42. The maximum Gasteiger partial charge on any atom is 0.217 e. The van der Waals surface area contributed by atoms with E-state index in [0.29, 0.717) is 19.4 Å². The van der Waals surface area contributed by atoms with Crippen LogP contribution >= 0.6 is 0 Å². The molecule has 0 saturated heterocycles. The van der Waals surface area contributed by atoms with Gasteiger partial charge in [0, 0.05) is 13.6 Å². The summed E-state index contributed by atoms with van der Waals surface area (Å²) in [5.74, 6) is 0.0808. The standard InChI is InChI=1S/C17H25NO3S/c1-18(12-15-8-4-5-9-17(15)19)22(20,21)16-10-13-6-2-3-7-14(13)11-16/h2-3,6-7,15-17,19H,4-5,8-12H2,1H3. The zero-order chi connectivity index (χ0) is 15.7. The third-order valence-electron chi connectivity index (χ3n) is 5.23. The highest BCUT2D eigenvalue weighted by molar-refractivity contribution is 7.89. The van der Waals surface area contributed by atoms with Gasteiger partial charge in [-0.15, -0.1) is 0 Å². The zero-order valence-corrected chi connectivity index (χ0v) is 13.9. The lowest BCUT2D eigenvalue weighted by Crippen LogP contribution is -2.42. The van der Waals surface area contributed by atoms with Crippen molar-refractivity contribution in [2.75, 3.05) is 13.6 Å². The van der Waals surface area contributed by atoms with Crippen LogP contribution in [-0.2, 0) is 22.9 Å². The second kappa shape index (κ2) is 6.30. The molecule has 1 saturated carbocycles. The van der Waals surface area contributed by atoms with Gasteiger partial charge in [0.1, 0.15) is 0 Å². The number of aliphatic hydroxyl groups is 1. The minimum atomic E-state index is -3.31. The van der Waals surface area contributed by atoms with Crippen molar-refractivity contribution in [2.24, 2.45) is 5.92 Å². The first-order valence-electron chi connectivity index (χ1n) is 8.18. The Morgan fingerprint density at radius 2 is 1.73 bits per heavy atom. The summed E-state index contributed by atoms with van der Waals surface area (Å²) in [6.45, 7) is 0.441. The Kier molecular flexibility index (Phi) is 4.57. The number of hydrogen-bond donors (Lipinski definition) is 1. The smallest absolute Gasteiger partial charge is 0.217 e. The molecule has 2 atom stereocenters. The van der Waals surface area contributed by atoms with Gasteiger partial charge in [-0.1, -0.05) is 37.1 Å². The van der Waals surface area contributed by atoms with Gasteiger partial charge >= 0.3 is 0 Å². The molecule has 0 spiro atoms. The minimum Gasteiger partial charge on any atom is -0.393 e. The summed E-state index contributed by atoms with van der Waals surface area (Å²) in [5, 5.41) is 9.72. The van der Waals surface area contributed by atoms with Gasteiger partial charge in [-0.25, -0.2) is 12.7 Å². The average molecular weight is 323 g/mol. The molecule has 1 aromatic rings. The van der Waals surface area contributed by atoms with Crippen LogP contribution in [0, 0.1) is 5.92 Å². The van der Waals surface area contributed by atoms with Crippen LogP contribution in [0.4, 0.5) is 0 Å². The van der Waals surface area contributed by atoms with E-state index in [4.69, 9.17) is 0 Å². The largest absolute Gasteiger partial charge is 0.393 e. The number of fused-ring (bicyclic) bond motifs is 1. The van der Waals surface area contributed by atoms with Crippen LogP contribution < -0.4 is 0 Å². The molecule has 2 aliphatic carbocycles. The fraction of sp³-hybridized carbons (Fsp3) is 0.647. The number of nitrogens with zero attached hydrogens (tertiary/aromatic N) is 1. The van der Waals surface area contributed by atoms with Crippen molar-refractivity contribution in [3.05, 3.63) is 35.4 Å². The van der Waals surface area contributed by atoms with Crippen LogP contribution in [0.2, 0.25) is 0 Å². The van der Waals surface area contributed by atoms with Gasteiger partial charge in [0.15, 0.2) is 0 Å². The maximum absolute atomic E-state index is 12.8. The Morgan fingerprint density at radius 1 is 1.14 bits per heavy atom. The van der Waals surface area contributed by atoms with E-state index in [2.05, 4.69) is 0 Å². The highest BCUT2D eigenvalue weighted by Gasteiger charge is 2.36. The average Bonchev–Trinajstić information content (AvgIpc) is 2.94. The molecular weight excluding hydrogens is 298 g/mol.